The first-order chi connectivity index (χ1) is 14.2. The molecule has 142 valence electrons. The first kappa shape index (κ1) is 18.3. The third-order valence-corrected chi connectivity index (χ3v) is 4.55. The van der Waals surface area contributed by atoms with E-state index in [1.807, 2.05) is 36.4 Å². The van der Waals surface area contributed by atoms with Crippen LogP contribution in [0.1, 0.15) is 20.7 Å². The van der Waals surface area contributed by atoms with E-state index in [9.17, 15) is 9.59 Å². The van der Waals surface area contributed by atoms with Gasteiger partial charge in [-0.2, -0.15) is 0 Å². The molecule has 0 atom stereocenters. The molecule has 0 fully saturated rings. The molecule has 0 aliphatic heterocycles. The summed E-state index contributed by atoms with van der Waals surface area (Å²) in [6, 6.07) is 19.8. The van der Waals surface area contributed by atoms with E-state index in [1.54, 1.807) is 49.8 Å². The number of nitrogens with zero attached hydrogens (tertiary/aromatic N) is 2. The molecule has 4 rings (SSSR count). The zero-order chi connectivity index (χ0) is 20.2. The third-order valence-electron chi connectivity index (χ3n) is 4.55. The van der Waals surface area contributed by atoms with Crippen molar-refractivity contribution in [3.63, 3.8) is 0 Å². The molecule has 0 aliphatic rings. The lowest BCUT2D eigenvalue weighted by atomic mass is 10.0. The molecule has 2 aromatic heterocycles. The minimum absolute atomic E-state index is 0.213. The van der Waals surface area contributed by atoms with Crippen LogP contribution >= 0.6 is 0 Å². The Morgan fingerprint density at radius 1 is 0.862 bits per heavy atom. The van der Waals surface area contributed by atoms with Crippen molar-refractivity contribution in [3.8, 4) is 11.3 Å². The summed E-state index contributed by atoms with van der Waals surface area (Å²) in [6.07, 6.45) is 3.38. The molecule has 29 heavy (non-hydrogen) atoms. The van der Waals surface area contributed by atoms with E-state index < -0.39 is 0 Å². The molecule has 0 aliphatic carbocycles. The lowest BCUT2D eigenvalue weighted by Gasteiger charge is -2.11. The molecule has 6 nitrogen and oxygen atoms in total. The molecule has 4 aromatic rings. The van der Waals surface area contributed by atoms with E-state index in [0.29, 0.717) is 22.5 Å². The number of amides is 2. The zero-order valence-corrected chi connectivity index (χ0v) is 15.7. The molecule has 0 bridgehead atoms. The van der Waals surface area contributed by atoms with Gasteiger partial charge in [-0.25, -0.2) is 4.98 Å². The number of carbonyl (C=O) groups is 2. The average molecular weight is 382 g/mol. The number of hydrogen-bond donors (Lipinski definition) is 2. The van der Waals surface area contributed by atoms with Crippen molar-refractivity contribution in [2.75, 3.05) is 12.4 Å². The van der Waals surface area contributed by atoms with Gasteiger partial charge >= 0.3 is 0 Å². The Hall–Kier alpha value is -4.06. The molecule has 2 amide bonds. The Morgan fingerprint density at radius 3 is 2.45 bits per heavy atom. The van der Waals surface area contributed by atoms with Crippen LogP contribution in [0, 0.1) is 0 Å². The lowest BCUT2D eigenvalue weighted by Crippen LogP contribution is -2.18. The fraction of sp³-hybridized carbons (Fsp3) is 0.0435. The molecule has 2 heterocycles. The maximum absolute atomic E-state index is 13.1. The van der Waals surface area contributed by atoms with Gasteiger partial charge in [0.1, 0.15) is 0 Å². The van der Waals surface area contributed by atoms with Crippen LogP contribution in [0.15, 0.2) is 79.1 Å². The minimum atomic E-state index is -0.270. The summed E-state index contributed by atoms with van der Waals surface area (Å²) < 4.78 is 0. The predicted molar refractivity (Wildman–Crippen MR) is 113 cm³/mol. The number of para-hydroxylation sites is 1. The number of benzene rings is 2. The Bertz CT molecular complexity index is 1210. The van der Waals surface area contributed by atoms with Crippen LogP contribution in [0.2, 0.25) is 0 Å². The summed E-state index contributed by atoms with van der Waals surface area (Å²) in [7, 11) is 1.57. The quantitative estimate of drug-likeness (QED) is 0.560. The number of carbonyl (C=O) groups excluding carboxylic acids is 2. The fourth-order valence-corrected chi connectivity index (χ4v) is 3.11. The Balaban J connectivity index is 1.75. The summed E-state index contributed by atoms with van der Waals surface area (Å²) in [6.45, 7) is 0. The maximum Gasteiger partial charge on any atom is 0.256 e. The normalized spacial score (nSPS) is 10.5. The minimum Gasteiger partial charge on any atom is -0.355 e. The molecule has 0 radical (unpaired) electrons. The van der Waals surface area contributed by atoms with Gasteiger partial charge < -0.3 is 10.6 Å². The highest BCUT2D eigenvalue weighted by atomic mass is 16.2. The van der Waals surface area contributed by atoms with Crippen molar-refractivity contribution in [1.82, 2.24) is 15.3 Å². The number of pyridine rings is 2. The number of rotatable bonds is 4. The smallest absolute Gasteiger partial charge is 0.256 e. The van der Waals surface area contributed by atoms with E-state index in [2.05, 4.69) is 20.6 Å². The van der Waals surface area contributed by atoms with E-state index in [4.69, 9.17) is 0 Å². The lowest BCUT2D eigenvalue weighted by molar-refractivity contribution is 0.0961. The average Bonchev–Trinajstić information content (AvgIpc) is 2.78. The molecule has 2 aromatic carbocycles. The Morgan fingerprint density at radius 2 is 1.66 bits per heavy atom. The van der Waals surface area contributed by atoms with Gasteiger partial charge in [-0.3, -0.25) is 14.6 Å². The van der Waals surface area contributed by atoms with Gasteiger partial charge in [-0.15, -0.1) is 0 Å². The predicted octanol–water partition coefficient (Wildman–Crippen LogP) is 3.91. The van der Waals surface area contributed by atoms with Gasteiger partial charge in [0.2, 0.25) is 0 Å². The van der Waals surface area contributed by atoms with E-state index in [0.717, 1.165) is 16.5 Å². The third kappa shape index (κ3) is 3.82. The second-order valence-corrected chi connectivity index (χ2v) is 6.42. The first-order valence-corrected chi connectivity index (χ1v) is 9.09. The monoisotopic (exact) mass is 382 g/mol. The van der Waals surface area contributed by atoms with Crippen molar-refractivity contribution in [2.24, 2.45) is 0 Å². The van der Waals surface area contributed by atoms with Crippen molar-refractivity contribution in [3.05, 3.63) is 90.3 Å². The molecule has 2 N–H and O–H groups in total. The van der Waals surface area contributed by atoms with Gasteiger partial charge in [0.25, 0.3) is 11.8 Å². The van der Waals surface area contributed by atoms with Gasteiger partial charge in [-0.05, 0) is 42.5 Å². The van der Waals surface area contributed by atoms with Crippen LogP contribution in [0.3, 0.4) is 0 Å². The van der Waals surface area contributed by atoms with Crippen LogP contribution in [0.5, 0.6) is 0 Å². The van der Waals surface area contributed by atoms with Crippen LogP contribution in [-0.2, 0) is 0 Å². The molecule has 0 saturated heterocycles. The van der Waals surface area contributed by atoms with Crippen LogP contribution < -0.4 is 10.6 Å². The number of hydrogen-bond acceptors (Lipinski definition) is 4. The molecular formula is C23H18N4O2. The van der Waals surface area contributed by atoms with Crippen molar-refractivity contribution in [1.29, 1.82) is 0 Å². The van der Waals surface area contributed by atoms with Gasteiger partial charge in [0.15, 0.2) is 0 Å². The largest absolute Gasteiger partial charge is 0.355 e. The first-order valence-electron chi connectivity index (χ1n) is 9.09. The van der Waals surface area contributed by atoms with Gasteiger partial charge in [-0.1, -0.05) is 24.3 Å². The summed E-state index contributed by atoms with van der Waals surface area (Å²) in [5.74, 6) is -0.483. The van der Waals surface area contributed by atoms with Gasteiger partial charge in [0.05, 0.1) is 16.8 Å². The summed E-state index contributed by atoms with van der Waals surface area (Å²) in [4.78, 5) is 33.7. The highest BCUT2D eigenvalue weighted by Crippen LogP contribution is 2.25. The van der Waals surface area contributed by atoms with Crippen molar-refractivity contribution in [2.45, 2.75) is 0 Å². The van der Waals surface area contributed by atoms with E-state index in [-0.39, 0.29) is 11.8 Å². The molecule has 0 spiro atoms. The van der Waals surface area contributed by atoms with Crippen LogP contribution in [0.4, 0.5) is 5.69 Å². The number of anilines is 1. The topological polar surface area (TPSA) is 84.0 Å². The summed E-state index contributed by atoms with van der Waals surface area (Å²) in [5.41, 5.74) is 3.82. The highest BCUT2D eigenvalue weighted by Gasteiger charge is 2.15. The second kappa shape index (κ2) is 7.90. The van der Waals surface area contributed by atoms with Crippen LogP contribution in [0.25, 0.3) is 22.2 Å². The molecular weight excluding hydrogens is 364 g/mol. The molecule has 6 heteroatoms. The number of aromatic nitrogens is 2. The Kier molecular flexibility index (Phi) is 4.99. The van der Waals surface area contributed by atoms with E-state index >= 15 is 0 Å². The van der Waals surface area contributed by atoms with Crippen molar-refractivity contribution < 1.29 is 9.59 Å². The zero-order valence-electron chi connectivity index (χ0n) is 15.7. The van der Waals surface area contributed by atoms with Crippen molar-refractivity contribution >= 4 is 28.4 Å². The summed E-state index contributed by atoms with van der Waals surface area (Å²) >= 11 is 0. The van der Waals surface area contributed by atoms with Crippen LogP contribution in [-0.4, -0.2) is 28.8 Å². The summed E-state index contributed by atoms with van der Waals surface area (Å²) in [5, 5.41) is 6.22. The Labute approximate surface area is 167 Å². The standard InChI is InChI=1S/C23H18N4O2/c1-24-22(28)16-5-4-6-17(13-16)26-23(29)19-14-21(15-9-11-25-12-10-15)27-20-8-3-2-7-18(19)20/h2-14H,1H3,(H,24,28)(H,26,29). The molecule has 0 unspecified atom stereocenters. The second-order valence-electron chi connectivity index (χ2n) is 6.42. The van der Waals surface area contributed by atoms with Gasteiger partial charge in [0, 0.05) is 41.6 Å². The fourth-order valence-electron chi connectivity index (χ4n) is 3.11. The molecule has 0 saturated carbocycles. The maximum atomic E-state index is 13.1. The SMILES string of the molecule is CNC(=O)c1cccc(NC(=O)c2cc(-c3ccncc3)nc3ccccc23)c1. The highest BCUT2D eigenvalue weighted by molar-refractivity contribution is 6.13. The number of fused-ring (bicyclic) bond motifs is 1. The number of nitrogens with one attached hydrogen (secondary N) is 2. The van der Waals surface area contributed by atoms with E-state index in [1.165, 1.54) is 0 Å².